The van der Waals surface area contributed by atoms with Crippen LogP contribution in [0.15, 0.2) is 16.7 Å². The minimum Gasteiger partial charge on any atom is -0.469 e. The first-order chi connectivity index (χ1) is 8.58. The molecule has 96 valence electrons. The Balaban J connectivity index is 1.99. The van der Waals surface area contributed by atoms with E-state index in [4.69, 9.17) is 9.15 Å². The van der Waals surface area contributed by atoms with Crippen molar-refractivity contribution in [2.24, 2.45) is 16.7 Å². The summed E-state index contributed by atoms with van der Waals surface area (Å²) in [5.41, 5.74) is 1.22. The van der Waals surface area contributed by atoms with E-state index in [1.807, 2.05) is 6.07 Å². The van der Waals surface area contributed by atoms with Crippen LogP contribution in [0.1, 0.15) is 43.9 Å². The summed E-state index contributed by atoms with van der Waals surface area (Å²) < 4.78 is 11.2. The first-order valence-corrected chi connectivity index (χ1v) is 6.81. The average molecular weight is 246 g/mol. The first-order valence-electron chi connectivity index (χ1n) is 6.81. The van der Waals surface area contributed by atoms with Crippen molar-refractivity contribution in [1.29, 1.82) is 0 Å². The molecule has 3 heteroatoms. The normalized spacial score (nSPS) is 45.3. The van der Waals surface area contributed by atoms with E-state index in [0.29, 0.717) is 12.5 Å². The Morgan fingerprint density at radius 3 is 3.11 bits per heavy atom. The van der Waals surface area contributed by atoms with Gasteiger partial charge in [0.25, 0.3) is 0 Å². The highest BCUT2D eigenvalue weighted by Gasteiger charge is 2.67. The van der Waals surface area contributed by atoms with Gasteiger partial charge in [-0.2, -0.15) is 0 Å². The van der Waals surface area contributed by atoms with E-state index in [1.54, 1.807) is 6.26 Å². The zero-order valence-corrected chi connectivity index (χ0v) is 10.9. The second kappa shape index (κ2) is 3.01. The molecule has 4 rings (SSSR count). The molecule has 0 spiro atoms. The highest BCUT2D eigenvalue weighted by Crippen LogP contribution is 2.68. The summed E-state index contributed by atoms with van der Waals surface area (Å²) in [6.45, 7) is 5.16. The molecular weight excluding hydrogens is 228 g/mol. The molecule has 1 aliphatic heterocycles. The van der Waals surface area contributed by atoms with E-state index in [0.717, 1.165) is 24.2 Å². The number of furan rings is 1. The van der Waals surface area contributed by atoms with Crippen LogP contribution in [0, 0.1) is 16.7 Å². The van der Waals surface area contributed by atoms with Crippen LogP contribution < -0.4 is 0 Å². The molecule has 1 aromatic rings. The lowest BCUT2D eigenvalue weighted by atomic mass is 9.51. The molecule has 3 aliphatic rings. The van der Waals surface area contributed by atoms with Gasteiger partial charge >= 0.3 is 5.97 Å². The van der Waals surface area contributed by atoms with Crippen molar-refractivity contribution < 1.29 is 13.9 Å². The number of ether oxygens (including phenoxy) is 1. The quantitative estimate of drug-likeness (QED) is 0.661. The number of esters is 1. The fraction of sp³-hybridized carbons (Fsp3) is 0.667. The molecule has 1 aromatic heterocycles. The van der Waals surface area contributed by atoms with Gasteiger partial charge in [-0.1, -0.05) is 13.8 Å². The molecule has 0 radical (unpaired) electrons. The summed E-state index contributed by atoms with van der Waals surface area (Å²) in [5.74, 6) is 1.45. The van der Waals surface area contributed by atoms with Gasteiger partial charge in [-0.3, -0.25) is 4.79 Å². The lowest BCUT2D eigenvalue weighted by Crippen LogP contribution is -2.56. The molecule has 0 amide bonds. The van der Waals surface area contributed by atoms with Gasteiger partial charge < -0.3 is 9.15 Å². The maximum absolute atomic E-state index is 12.3. The van der Waals surface area contributed by atoms with Crippen molar-refractivity contribution in [1.82, 2.24) is 0 Å². The third-order valence-corrected chi connectivity index (χ3v) is 6.09. The molecule has 0 aromatic carbocycles. The molecule has 18 heavy (non-hydrogen) atoms. The van der Waals surface area contributed by atoms with E-state index in [9.17, 15) is 4.79 Å². The Morgan fingerprint density at radius 1 is 1.44 bits per heavy atom. The highest BCUT2D eigenvalue weighted by molar-refractivity contribution is 5.81. The van der Waals surface area contributed by atoms with Crippen LogP contribution in [0.5, 0.6) is 0 Å². The Morgan fingerprint density at radius 2 is 2.28 bits per heavy atom. The molecule has 0 unspecified atom stereocenters. The fourth-order valence-electron chi connectivity index (χ4n) is 4.82. The van der Waals surface area contributed by atoms with E-state index in [1.165, 1.54) is 6.42 Å². The van der Waals surface area contributed by atoms with Gasteiger partial charge in [-0.15, -0.1) is 0 Å². The first kappa shape index (κ1) is 10.7. The van der Waals surface area contributed by atoms with Gasteiger partial charge in [0.2, 0.25) is 0 Å². The summed E-state index contributed by atoms with van der Waals surface area (Å²) in [6.07, 6.45) is 4.96. The zero-order chi connectivity index (χ0) is 12.5. The van der Waals surface area contributed by atoms with Crippen molar-refractivity contribution in [2.75, 3.05) is 6.61 Å². The molecule has 2 heterocycles. The van der Waals surface area contributed by atoms with Crippen molar-refractivity contribution in [3.8, 4) is 0 Å². The Bertz CT molecular complexity index is 532. The SMILES string of the molecule is C[C@@H]1CC[C@@]2(C)[C@@H]3C(=O)OC[C@]12Cc1occc13. The van der Waals surface area contributed by atoms with Gasteiger partial charge in [0, 0.05) is 17.4 Å². The predicted molar refractivity (Wildman–Crippen MR) is 65.1 cm³/mol. The largest absolute Gasteiger partial charge is 0.469 e. The monoisotopic (exact) mass is 246 g/mol. The van der Waals surface area contributed by atoms with Crippen molar-refractivity contribution >= 4 is 5.97 Å². The second-order valence-corrected chi connectivity index (χ2v) is 6.53. The maximum atomic E-state index is 12.3. The van der Waals surface area contributed by atoms with Gasteiger partial charge in [0.05, 0.1) is 18.8 Å². The topological polar surface area (TPSA) is 39.4 Å². The molecule has 2 fully saturated rings. The smallest absolute Gasteiger partial charge is 0.314 e. The van der Waals surface area contributed by atoms with Gasteiger partial charge in [-0.25, -0.2) is 0 Å². The average Bonchev–Trinajstić information content (AvgIpc) is 2.86. The van der Waals surface area contributed by atoms with E-state index >= 15 is 0 Å². The number of rotatable bonds is 0. The van der Waals surface area contributed by atoms with Crippen molar-refractivity contribution in [3.05, 3.63) is 23.7 Å². The minimum atomic E-state index is -0.112. The third kappa shape index (κ3) is 0.930. The van der Waals surface area contributed by atoms with Crippen LogP contribution in [-0.2, 0) is 16.0 Å². The van der Waals surface area contributed by atoms with E-state index in [-0.39, 0.29) is 22.7 Å². The maximum Gasteiger partial charge on any atom is 0.314 e. The summed E-state index contributed by atoms with van der Waals surface area (Å²) in [5, 5.41) is 0. The number of hydrogen-bond donors (Lipinski definition) is 0. The van der Waals surface area contributed by atoms with E-state index in [2.05, 4.69) is 13.8 Å². The molecule has 2 bridgehead atoms. The molecule has 1 saturated carbocycles. The van der Waals surface area contributed by atoms with Gasteiger partial charge in [0.1, 0.15) is 5.76 Å². The fourth-order valence-corrected chi connectivity index (χ4v) is 4.82. The van der Waals surface area contributed by atoms with E-state index < -0.39 is 0 Å². The molecule has 1 saturated heterocycles. The number of cyclic esters (lactones) is 1. The Labute approximate surface area is 106 Å². The molecular formula is C15H18O3. The van der Waals surface area contributed by atoms with Crippen LogP contribution in [0.4, 0.5) is 0 Å². The predicted octanol–water partition coefficient (Wildman–Crippen LogP) is 2.90. The number of fused-ring (bicyclic) bond motifs is 2. The number of carbonyl (C=O) groups excluding carboxylic acids is 1. The summed E-state index contributed by atoms with van der Waals surface area (Å²) in [7, 11) is 0. The molecule has 2 aliphatic carbocycles. The van der Waals surface area contributed by atoms with Crippen LogP contribution >= 0.6 is 0 Å². The zero-order valence-electron chi connectivity index (χ0n) is 10.9. The third-order valence-electron chi connectivity index (χ3n) is 6.09. The molecule has 0 N–H and O–H groups in total. The van der Waals surface area contributed by atoms with Crippen LogP contribution in [-0.4, -0.2) is 12.6 Å². The lowest BCUT2D eigenvalue weighted by Gasteiger charge is -2.55. The Hall–Kier alpha value is -1.25. The number of carbonyl (C=O) groups is 1. The van der Waals surface area contributed by atoms with Crippen LogP contribution in [0.2, 0.25) is 0 Å². The summed E-state index contributed by atoms with van der Waals surface area (Å²) in [4.78, 5) is 12.3. The standard InChI is InChI=1S/C15H18O3/c1-9-3-5-14(2)12-10-4-6-17-11(10)7-15(9,14)8-18-13(12)16/h4,6,9,12H,3,5,7-8H2,1-2H3/t9-,12+,14+,15-/m1/s1. The Kier molecular flexibility index (Phi) is 1.78. The summed E-state index contributed by atoms with van der Waals surface area (Å²) in [6, 6.07) is 1.96. The number of hydrogen-bond acceptors (Lipinski definition) is 3. The second-order valence-electron chi connectivity index (χ2n) is 6.53. The van der Waals surface area contributed by atoms with Crippen LogP contribution in [0.3, 0.4) is 0 Å². The minimum absolute atomic E-state index is 0.0513. The van der Waals surface area contributed by atoms with Crippen molar-refractivity contribution in [2.45, 2.75) is 39.0 Å². The molecule has 3 nitrogen and oxygen atoms in total. The molecule has 4 atom stereocenters. The van der Waals surface area contributed by atoms with Crippen molar-refractivity contribution in [3.63, 3.8) is 0 Å². The summed E-state index contributed by atoms with van der Waals surface area (Å²) >= 11 is 0. The van der Waals surface area contributed by atoms with Gasteiger partial charge in [-0.05, 0) is 30.2 Å². The lowest BCUT2D eigenvalue weighted by molar-refractivity contribution is -0.178. The van der Waals surface area contributed by atoms with Gasteiger partial charge in [0.15, 0.2) is 0 Å². The highest BCUT2D eigenvalue weighted by atomic mass is 16.5. The van der Waals surface area contributed by atoms with Crippen LogP contribution in [0.25, 0.3) is 0 Å².